The minimum Gasteiger partial charge on any atom is -0.474 e. The van der Waals surface area contributed by atoms with Gasteiger partial charge in [-0.15, -0.1) is 0 Å². The first-order chi connectivity index (χ1) is 16.3. The summed E-state index contributed by atoms with van der Waals surface area (Å²) in [5.74, 6) is 0.302. The van der Waals surface area contributed by atoms with Gasteiger partial charge in [-0.2, -0.15) is 0 Å². The predicted octanol–water partition coefficient (Wildman–Crippen LogP) is 4.58. The smallest absolute Gasteiger partial charge is 0.410 e. The monoisotopic (exact) mass is 471 g/mol. The molecular weight excluding hydrogens is 441 g/mol. The Morgan fingerprint density at radius 1 is 1.21 bits per heavy atom. The zero-order chi connectivity index (χ0) is 23.9. The third kappa shape index (κ3) is 4.66. The van der Waals surface area contributed by atoms with Crippen LogP contribution < -0.4 is 9.47 Å². The van der Waals surface area contributed by atoms with Crippen LogP contribution in [0.15, 0.2) is 24.5 Å². The van der Waals surface area contributed by atoms with Gasteiger partial charge in [0.15, 0.2) is 11.6 Å². The molecule has 2 aliphatic heterocycles. The van der Waals surface area contributed by atoms with E-state index in [1.165, 1.54) is 12.4 Å². The lowest BCUT2D eigenvalue weighted by Crippen LogP contribution is -2.61. The molecule has 1 aromatic carbocycles. The van der Waals surface area contributed by atoms with Gasteiger partial charge in [0.25, 0.3) is 0 Å². The van der Waals surface area contributed by atoms with Crippen LogP contribution in [-0.4, -0.2) is 58.0 Å². The van der Waals surface area contributed by atoms with E-state index in [-0.39, 0.29) is 41.5 Å². The summed E-state index contributed by atoms with van der Waals surface area (Å²) < 4.78 is 37.8. The second-order valence-corrected chi connectivity index (χ2v) is 9.61. The fourth-order valence-electron chi connectivity index (χ4n) is 4.55. The van der Waals surface area contributed by atoms with Gasteiger partial charge in [0.1, 0.15) is 18.0 Å². The third-order valence-electron chi connectivity index (χ3n) is 6.86. The van der Waals surface area contributed by atoms with Gasteiger partial charge in [0.2, 0.25) is 11.8 Å². The Bertz CT molecular complexity index is 1060. The Morgan fingerprint density at radius 2 is 1.91 bits per heavy atom. The summed E-state index contributed by atoms with van der Waals surface area (Å²) in [6, 6.07) is 4.67. The van der Waals surface area contributed by atoms with Gasteiger partial charge < -0.3 is 18.9 Å². The molecule has 1 aliphatic carbocycles. The van der Waals surface area contributed by atoms with E-state index in [4.69, 9.17) is 18.9 Å². The molecule has 5 rings (SSSR count). The highest BCUT2D eigenvalue weighted by atomic mass is 19.1. The van der Waals surface area contributed by atoms with Crippen LogP contribution in [0.1, 0.15) is 50.7 Å². The van der Waals surface area contributed by atoms with Crippen LogP contribution in [0.4, 0.5) is 9.18 Å². The van der Waals surface area contributed by atoms with E-state index in [2.05, 4.69) is 9.97 Å². The molecule has 3 aliphatic rings. The number of hydrogen-bond acceptors (Lipinski definition) is 7. The number of carbonyl (C=O) groups excluding carboxylic acids is 1. The van der Waals surface area contributed by atoms with Gasteiger partial charge in [-0.05, 0) is 50.8 Å². The van der Waals surface area contributed by atoms with E-state index in [0.29, 0.717) is 37.5 Å². The summed E-state index contributed by atoms with van der Waals surface area (Å²) in [4.78, 5) is 23.1. The van der Waals surface area contributed by atoms with Crippen molar-refractivity contribution < 1.29 is 28.1 Å². The molecule has 3 heterocycles. The number of aryl methyl sites for hydroxylation is 1. The standard InChI is InChI=1S/C25H30FN3O5/c1-4-16-5-6-21(20(26)9-16)33-23-15(2)22(27-14-28-23)32-19-10-17-12-31-13-18(11-19)29(17)24(30)34-25(3)7-8-25/h5-6,9,14,17-19H,4,7-8,10-13H2,1-3H3. The third-order valence-corrected chi connectivity index (χ3v) is 6.86. The molecule has 1 amide bonds. The Kier molecular flexibility index (Phi) is 6.06. The van der Waals surface area contributed by atoms with E-state index < -0.39 is 5.82 Å². The lowest BCUT2D eigenvalue weighted by atomic mass is 9.92. The Hall–Kier alpha value is -2.94. The van der Waals surface area contributed by atoms with Crippen LogP contribution in [0.2, 0.25) is 0 Å². The number of piperidine rings is 1. The summed E-state index contributed by atoms with van der Waals surface area (Å²) in [5.41, 5.74) is 1.17. The van der Waals surface area contributed by atoms with Crippen molar-refractivity contribution >= 4 is 6.09 Å². The maximum Gasteiger partial charge on any atom is 0.410 e. The summed E-state index contributed by atoms with van der Waals surface area (Å²) in [6.45, 7) is 6.62. The number of carbonyl (C=O) groups is 1. The molecule has 0 N–H and O–H groups in total. The molecule has 2 saturated heterocycles. The fraction of sp³-hybridized carbons (Fsp3) is 0.560. The minimum atomic E-state index is -0.438. The lowest BCUT2D eigenvalue weighted by Gasteiger charge is -2.47. The topological polar surface area (TPSA) is 83.0 Å². The molecule has 1 aromatic heterocycles. The number of ether oxygens (including phenoxy) is 4. The van der Waals surface area contributed by atoms with E-state index in [1.54, 1.807) is 13.0 Å². The molecular formula is C25H30FN3O5. The van der Waals surface area contributed by atoms with Crippen molar-refractivity contribution in [3.05, 3.63) is 41.5 Å². The average molecular weight is 472 g/mol. The first kappa shape index (κ1) is 22.8. The van der Waals surface area contributed by atoms with Crippen LogP contribution in [0.3, 0.4) is 0 Å². The summed E-state index contributed by atoms with van der Waals surface area (Å²) in [7, 11) is 0. The van der Waals surface area contributed by atoms with Gasteiger partial charge in [0.05, 0.1) is 30.9 Å². The van der Waals surface area contributed by atoms with Crippen molar-refractivity contribution in [3.8, 4) is 17.5 Å². The van der Waals surface area contributed by atoms with Crippen LogP contribution in [0.25, 0.3) is 0 Å². The predicted molar refractivity (Wildman–Crippen MR) is 121 cm³/mol. The Morgan fingerprint density at radius 3 is 2.56 bits per heavy atom. The van der Waals surface area contributed by atoms with Crippen molar-refractivity contribution in [2.75, 3.05) is 13.2 Å². The Balaban J connectivity index is 1.27. The number of nitrogens with zero attached hydrogens (tertiary/aromatic N) is 3. The van der Waals surface area contributed by atoms with Gasteiger partial charge in [0, 0.05) is 12.8 Å². The average Bonchev–Trinajstić information content (AvgIpc) is 3.53. The summed E-state index contributed by atoms with van der Waals surface area (Å²) in [6.07, 6.45) is 4.71. The van der Waals surface area contributed by atoms with Gasteiger partial charge in [-0.1, -0.05) is 13.0 Å². The van der Waals surface area contributed by atoms with Crippen molar-refractivity contribution in [3.63, 3.8) is 0 Å². The van der Waals surface area contributed by atoms with Crippen molar-refractivity contribution in [1.29, 1.82) is 0 Å². The zero-order valence-corrected chi connectivity index (χ0v) is 19.8. The molecule has 8 nitrogen and oxygen atoms in total. The summed E-state index contributed by atoms with van der Waals surface area (Å²) in [5, 5.41) is 0. The highest BCUT2D eigenvalue weighted by Gasteiger charge is 2.48. The number of rotatable bonds is 6. The van der Waals surface area contributed by atoms with E-state index >= 15 is 0 Å². The first-order valence-corrected chi connectivity index (χ1v) is 11.9. The molecule has 182 valence electrons. The van der Waals surface area contributed by atoms with Crippen LogP contribution in [-0.2, 0) is 15.9 Å². The molecule has 2 aromatic rings. The largest absolute Gasteiger partial charge is 0.474 e. The van der Waals surface area contributed by atoms with Gasteiger partial charge in [-0.3, -0.25) is 4.90 Å². The second kappa shape index (κ2) is 9.02. The van der Waals surface area contributed by atoms with Gasteiger partial charge in [-0.25, -0.2) is 19.2 Å². The molecule has 2 unspecified atom stereocenters. The maximum atomic E-state index is 14.4. The SMILES string of the molecule is CCc1ccc(Oc2ncnc(OC3CC4COCC(C3)N4C(=O)OC3(C)CC3)c2C)c(F)c1. The van der Waals surface area contributed by atoms with E-state index in [0.717, 1.165) is 24.8 Å². The maximum absolute atomic E-state index is 14.4. The number of benzene rings is 1. The van der Waals surface area contributed by atoms with E-state index in [9.17, 15) is 9.18 Å². The van der Waals surface area contributed by atoms with Gasteiger partial charge >= 0.3 is 6.09 Å². The molecule has 3 fully saturated rings. The number of hydrogen-bond donors (Lipinski definition) is 0. The van der Waals surface area contributed by atoms with Crippen LogP contribution in [0.5, 0.6) is 17.5 Å². The van der Waals surface area contributed by atoms with E-state index in [1.807, 2.05) is 24.8 Å². The lowest BCUT2D eigenvalue weighted by molar-refractivity contribution is -0.0956. The molecule has 9 heteroatoms. The number of aromatic nitrogens is 2. The Labute approximate surface area is 198 Å². The molecule has 2 bridgehead atoms. The van der Waals surface area contributed by atoms with Crippen LogP contribution in [0, 0.1) is 12.7 Å². The van der Waals surface area contributed by atoms with Crippen molar-refractivity contribution in [2.45, 2.75) is 76.7 Å². The van der Waals surface area contributed by atoms with Crippen molar-refractivity contribution in [2.24, 2.45) is 0 Å². The quantitative estimate of drug-likeness (QED) is 0.610. The van der Waals surface area contributed by atoms with Crippen molar-refractivity contribution in [1.82, 2.24) is 14.9 Å². The second-order valence-electron chi connectivity index (χ2n) is 9.61. The minimum absolute atomic E-state index is 0.104. The molecule has 1 saturated carbocycles. The highest BCUT2D eigenvalue weighted by Crippen LogP contribution is 2.41. The molecule has 34 heavy (non-hydrogen) atoms. The summed E-state index contributed by atoms with van der Waals surface area (Å²) >= 11 is 0. The number of amides is 1. The number of halogens is 1. The molecule has 0 spiro atoms. The van der Waals surface area contributed by atoms with Crippen LogP contribution >= 0.6 is 0 Å². The first-order valence-electron chi connectivity index (χ1n) is 11.9. The zero-order valence-electron chi connectivity index (χ0n) is 19.8. The number of morpholine rings is 1. The normalized spacial score (nSPS) is 24.9. The number of fused-ring (bicyclic) bond motifs is 2. The molecule has 2 atom stereocenters. The fourth-order valence-corrected chi connectivity index (χ4v) is 4.55. The molecule has 0 radical (unpaired) electrons. The highest BCUT2D eigenvalue weighted by molar-refractivity contribution is 5.70.